The van der Waals surface area contributed by atoms with Crippen LogP contribution in [0.2, 0.25) is 0 Å². The fourth-order valence-electron chi connectivity index (χ4n) is 1.42. The standard InChI is InChI=1S/C8H14O2/c1-8(2,10)6-3-4-7(9)5-6/h6,10H,3-5H2,1-2H3. The van der Waals surface area contributed by atoms with Gasteiger partial charge in [0.25, 0.3) is 0 Å². The lowest BCUT2D eigenvalue weighted by molar-refractivity contribution is -0.118. The molecule has 0 amide bonds. The molecule has 0 aromatic carbocycles. The van der Waals surface area contributed by atoms with Gasteiger partial charge in [0, 0.05) is 12.8 Å². The van der Waals surface area contributed by atoms with Crippen molar-refractivity contribution in [2.24, 2.45) is 5.92 Å². The van der Waals surface area contributed by atoms with Gasteiger partial charge in [0.2, 0.25) is 0 Å². The lowest BCUT2D eigenvalue weighted by Crippen LogP contribution is -2.28. The van der Waals surface area contributed by atoms with E-state index < -0.39 is 5.60 Å². The minimum Gasteiger partial charge on any atom is -0.390 e. The second-order valence-electron chi connectivity index (χ2n) is 3.63. The Bertz CT molecular complexity index is 144. The monoisotopic (exact) mass is 142 g/mol. The average Bonchev–Trinajstić information content (AvgIpc) is 2.11. The van der Waals surface area contributed by atoms with Crippen LogP contribution in [0, 0.1) is 5.92 Å². The molecule has 1 saturated carbocycles. The first kappa shape index (κ1) is 7.73. The molecule has 0 aromatic rings. The Morgan fingerprint density at radius 3 is 2.40 bits per heavy atom. The third-order valence-electron chi connectivity index (χ3n) is 2.24. The number of rotatable bonds is 1. The summed E-state index contributed by atoms with van der Waals surface area (Å²) in [6, 6.07) is 0. The first-order valence-corrected chi connectivity index (χ1v) is 3.74. The number of Topliss-reactive ketones (excluding diaryl/α,β-unsaturated/α-hetero) is 1. The highest BCUT2D eigenvalue weighted by atomic mass is 16.3. The van der Waals surface area contributed by atoms with Crippen molar-refractivity contribution in [1.82, 2.24) is 0 Å². The Balaban J connectivity index is 2.53. The molecular weight excluding hydrogens is 128 g/mol. The number of hydrogen-bond donors (Lipinski definition) is 1. The number of carbonyl (C=O) groups excluding carboxylic acids is 1. The van der Waals surface area contributed by atoms with E-state index in [4.69, 9.17) is 0 Å². The van der Waals surface area contributed by atoms with E-state index in [0.29, 0.717) is 18.6 Å². The molecule has 0 bridgehead atoms. The van der Waals surface area contributed by atoms with E-state index in [1.807, 2.05) is 0 Å². The predicted octanol–water partition coefficient (Wildman–Crippen LogP) is 1.13. The molecule has 0 aliphatic heterocycles. The van der Waals surface area contributed by atoms with Gasteiger partial charge in [-0.2, -0.15) is 0 Å². The van der Waals surface area contributed by atoms with Crippen molar-refractivity contribution in [3.8, 4) is 0 Å². The maximum absolute atomic E-state index is 10.8. The Morgan fingerprint density at radius 1 is 1.60 bits per heavy atom. The smallest absolute Gasteiger partial charge is 0.133 e. The van der Waals surface area contributed by atoms with Crippen molar-refractivity contribution >= 4 is 5.78 Å². The molecule has 0 aromatic heterocycles. The van der Waals surface area contributed by atoms with Crippen LogP contribution in [-0.4, -0.2) is 16.5 Å². The molecule has 1 fully saturated rings. The molecule has 1 rings (SSSR count). The van der Waals surface area contributed by atoms with Crippen molar-refractivity contribution in [3.05, 3.63) is 0 Å². The van der Waals surface area contributed by atoms with Crippen LogP contribution in [0.15, 0.2) is 0 Å². The predicted molar refractivity (Wildman–Crippen MR) is 38.6 cm³/mol. The van der Waals surface area contributed by atoms with Gasteiger partial charge in [-0.15, -0.1) is 0 Å². The molecule has 1 aliphatic rings. The second-order valence-corrected chi connectivity index (χ2v) is 3.63. The van der Waals surface area contributed by atoms with Gasteiger partial charge in [-0.1, -0.05) is 0 Å². The summed E-state index contributed by atoms with van der Waals surface area (Å²) in [5.41, 5.74) is -0.661. The van der Waals surface area contributed by atoms with Gasteiger partial charge in [0.1, 0.15) is 5.78 Å². The van der Waals surface area contributed by atoms with Crippen LogP contribution in [0.3, 0.4) is 0 Å². The fourth-order valence-corrected chi connectivity index (χ4v) is 1.42. The number of carbonyl (C=O) groups is 1. The molecule has 2 heteroatoms. The summed E-state index contributed by atoms with van der Waals surface area (Å²) in [7, 11) is 0. The highest BCUT2D eigenvalue weighted by Gasteiger charge is 2.33. The van der Waals surface area contributed by atoms with E-state index in [9.17, 15) is 9.90 Å². The summed E-state index contributed by atoms with van der Waals surface area (Å²) in [4.78, 5) is 10.8. The van der Waals surface area contributed by atoms with Crippen molar-refractivity contribution in [2.45, 2.75) is 38.7 Å². The van der Waals surface area contributed by atoms with Gasteiger partial charge >= 0.3 is 0 Å². The number of aliphatic hydroxyl groups is 1. The Hall–Kier alpha value is -0.370. The van der Waals surface area contributed by atoms with E-state index in [1.54, 1.807) is 13.8 Å². The summed E-state index contributed by atoms with van der Waals surface area (Å²) >= 11 is 0. The Kier molecular flexibility index (Phi) is 1.82. The van der Waals surface area contributed by atoms with E-state index in [1.165, 1.54) is 0 Å². The maximum Gasteiger partial charge on any atom is 0.133 e. The van der Waals surface area contributed by atoms with Crippen LogP contribution in [0.25, 0.3) is 0 Å². The molecule has 0 radical (unpaired) electrons. The van der Waals surface area contributed by atoms with Gasteiger partial charge < -0.3 is 5.11 Å². The molecule has 2 nitrogen and oxygen atoms in total. The van der Waals surface area contributed by atoms with Crippen molar-refractivity contribution < 1.29 is 9.90 Å². The van der Waals surface area contributed by atoms with Crippen molar-refractivity contribution in [1.29, 1.82) is 0 Å². The molecule has 0 heterocycles. The van der Waals surface area contributed by atoms with Crippen LogP contribution in [0.1, 0.15) is 33.1 Å². The zero-order valence-electron chi connectivity index (χ0n) is 6.55. The Labute approximate surface area is 61.2 Å². The van der Waals surface area contributed by atoms with Gasteiger partial charge in [0.15, 0.2) is 0 Å². The van der Waals surface area contributed by atoms with Gasteiger partial charge in [-0.25, -0.2) is 0 Å². The summed E-state index contributed by atoms with van der Waals surface area (Å²) in [6.07, 6.45) is 2.10. The van der Waals surface area contributed by atoms with Gasteiger partial charge in [-0.3, -0.25) is 4.79 Å². The van der Waals surface area contributed by atoms with Crippen LogP contribution in [-0.2, 0) is 4.79 Å². The molecule has 1 unspecified atom stereocenters. The van der Waals surface area contributed by atoms with E-state index in [-0.39, 0.29) is 5.92 Å². The quantitative estimate of drug-likeness (QED) is 0.595. The van der Waals surface area contributed by atoms with Crippen LogP contribution in [0.5, 0.6) is 0 Å². The zero-order chi connectivity index (χ0) is 7.78. The SMILES string of the molecule is CC(C)(O)C1CCC(=O)C1. The minimum absolute atomic E-state index is 0.194. The normalized spacial score (nSPS) is 27.5. The molecule has 0 spiro atoms. The summed E-state index contributed by atoms with van der Waals surface area (Å²) in [6.45, 7) is 3.55. The maximum atomic E-state index is 10.8. The fraction of sp³-hybridized carbons (Fsp3) is 0.875. The van der Waals surface area contributed by atoms with Crippen molar-refractivity contribution in [3.63, 3.8) is 0 Å². The summed E-state index contributed by atoms with van der Waals surface area (Å²) < 4.78 is 0. The minimum atomic E-state index is -0.661. The van der Waals surface area contributed by atoms with E-state index >= 15 is 0 Å². The largest absolute Gasteiger partial charge is 0.390 e. The summed E-state index contributed by atoms with van der Waals surface area (Å²) in [5, 5.41) is 9.48. The molecule has 58 valence electrons. The summed E-state index contributed by atoms with van der Waals surface area (Å²) in [5.74, 6) is 0.493. The first-order chi connectivity index (χ1) is 4.50. The topological polar surface area (TPSA) is 37.3 Å². The molecule has 10 heavy (non-hydrogen) atoms. The third kappa shape index (κ3) is 1.57. The second kappa shape index (κ2) is 2.35. The molecule has 0 saturated heterocycles. The van der Waals surface area contributed by atoms with Crippen LogP contribution >= 0.6 is 0 Å². The molecule has 1 N–H and O–H groups in total. The van der Waals surface area contributed by atoms with E-state index in [0.717, 1.165) is 6.42 Å². The van der Waals surface area contributed by atoms with Gasteiger partial charge in [0.05, 0.1) is 5.60 Å². The number of hydrogen-bond acceptors (Lipinski definition) is 2. The number of ketones is 1. The first-order valence-electron chi connectivity index (χ1n) is 3.74. The van der Waals surface area contributed by atoms with Gasteiger partial charge in [-0.05, 0) is 26.2 Å². The van der Waals surface area contributed by atoms with E-state index in [2.05, 4.69) is 0 Å². The zero-order valence-corrected chi connectivity index (χ0v) is 6.55. The van der Waals surface area contributed by atoms with Crippen LogP contribution < -0.4 is 0 Å². The lowest BCUT2D eigenvalue weighted by Gasteiger charge is -2.23. The van der Waals surface area contributed by atoms with Crippen molar-refractivity contribution in [2.75, 3.05) is 0 Å². The molecular formula is C8H14O2. The highest BCUT2D eigenvalue weighted by molar-refractivity contribution is 5.80. The lowest BCUT2D eigenvalue weighted by atomic mass is 9.90. The Morgan fingerprint density at radius 2 is 2.20 bits per heavy atom. The molecule has 1 aliphatic carbocycles. The molecule has 1 atom stereocenters. The highest BCUT2D eigenvalue weighted by Crippen LogP contribution is 2.31. The third-order valence-corrected chi connectivity index (χ3v) is 2.24. The average molecular weight is 142 g/mol. The van der Waals surface area contributed by atoms with Crippen LogP contribution in [0.4, 0.5) is 0 Å².